The molecule has 0 radical (unpaired) electrons. The van der Waals surface area contributed by atoms with Crippen molar-refractivity contribution in [2.24, 2.45) is 0 Å². The number of nitrogens with one attached hydrogen (secondary N) is 2. The standard InChI is InChI=1S/C13H19FN2O/c1-9(2)15-6-7-16-13(17)11-4-5-12(14)10(3)8-11/h4-5,8-9,15H,6-7H2,1-3H3,(H,16,17). The average molecular weight is 238 g/mol. The summed E-state index contributed by atoms with van der Waals surface area (Å²) < 4.78 is 13.0. The minimum absolute atomic E-state index is 0.168. The summed E-state index contributed by atoms with van der Waals surface area (Å²) in [5, 5.41) is 5.98. The number of halogens is 1. The predicted molar refractivity (Wildman–Crippen MR) is 66.6 cm³/mol. The number of carbonyl (C=O) groups is 1. The Balaban J connectivity index is 2.44. The maximum absolute atomic E-state index is 13.0. The first-order chi connectivity index (χ1) is 8.00. The second-order valence-corrected chi connectivity index (χ2v) is 4.33. The quantitative estimate of drug-likeness (QED) is 0.769. The molecule has 3 nitrogen and oxygen atoms in total. The topological polar surface area (TPSA) is 41.1 Å². The molecule has 1 amide bonds. The van der Waals surface area contributed by atoms with Crippen LogP contribution in [0, 0.1) is 12.7 Å². The van der Waals surface area contributed by atoms with E-state index in [1.807, 2.05) is 13.8 Å². The van der Waals surface area contributed by atoms with Crippen LogP contribution in [0.1, 0.15) is 29.8 Å². The highest BCUT2D eigenvalue weighted by molar-refractivity contribution is 5.94. The first-order valence-electron chi connectivity index (χ1n) is 5.78. The van der Waals surface area contributed by atoms with Crippen LogP contribution in [0.5, 0.6) is 0 Å². The maximum Gasteiger partial charge on any atom is 0.251 e. The summed E-state index contributed by atoms with van der Waals surface area (Å²) in [5.41, 5.74) is 0.978. The van der Waals surface area contributed by atoms with Gasteiger partial charge in [-0.3, -0.25) is 4.79 Å². The van der Waals surface area contributed by atoms with Crippen LogP contribution in [0.15, 0.2) is 18.2 Å². The normalized spacial score (nSPS) is 10.6. The van der Waals surface area contributed by atoms with Gasteiger partial charge in [-0.15, -0.1) is 0 Å². The van der Waals surface area contributed by atoms with E-state index >= 15 is 0 Å². The van der Waals surface area contributed by atoms with Crippen LogP contribution in [-0.2, 0) is 0 Å². The van der Waals surface area contributed by atoms with Crippen molar-refractivity contribution in [3.05, 3.63) is 35.1 Å². The molecule has 0 fully saturated rings. The van der Waals surface area contributed by atoms with Gasteiger partial charge in [-0.1, -0.05) is 13.8 Å². The van der Waals surface area contributed by atoms with E-state index in [9.17, 15) is 9.18 Å². The number of hydrogen-bond donors (Lipinski definition) is 2. The maximum atomic E-state index is 13.0. The predicted octanol–water partition coefficient (Wildman–Crippen LogP) is 1.86. The van der Waals surface area contributed by atoms with Crippen LogP contribution >= 0.6 is 0 Å². The third-order valence-electron chi connectivity index (χ3n) is 2.38. The lowest BCUT2D eigenvalue weighted by Crippen LogP contribution is -2.34. The van der Waals surface area contributed by atoms with Gasteiger partial charge in [-0.25, -0.2) is 4.39 Å². The summed E-state index contributed by atoms with van der Waals surface area (Å²) in [6.45, 7) is 7.03. The van der Waals surface area contributed by atoms with Gasteiger partial charge in [0.2, 0.25) is 0 Å². The Morgan fingerprint density at radius 2 is 2.06 bits per heavy atom. The number of aryl methyl sites for hydroxylation is 1. The van der Waals surface area contributed by atoms with Crippen LogP contribution < -0.4 is 10.6 Å². The van der Waals surface area contributed by atoms with E-state index in [1.165, 1.54) is 12.1 Å². The molecule has 0 aromatic heterocycles. The molecule has 94 valence electrons. The third kappa shape index (κ3) is 4.53. The Morgan fingerprint density at radius 3 is 2.65 bits per heavy atom. The Kier molecular flexibility index (Phi) is 5.10. The van der Waals surface area contributed by atoms with Crippen LogP contribution in [-0.4, -0.2) is 25.0 Å². The van der Waals surface area contributed by atoms with E-state index in [0.717, 1.165) is 6.54 Å². The molecule has 17 heavy (non-hydrogen) atoms. The molecule has 0 spiro atoms. The zero-order valence-electron chi connectivity index (χ0n) is 10.5. The number of amides is 1. The Morgan fingerprint density at radius 1 is 1.35 bits per heavy atom. The van der Waals surface area contributed by atoms with E-state index in [0.29, 0.717) is 23.7 Å². The van der Waals surface area contributed by atoms with E-state index in [4.69, 9.17) is 0 Å². The van der Waals surface area contributed by atoms with Gasteiger partial charge >= 0.3 is 0 Å². The highest BCUT2D eigenvalue weighted by Gasteiger charge is 2.06. The van der Waals surface area contributed by atoms with Gasteiger partial charge in [0, 0.05) is 24.7 Å². The van der Waals surface area contributed by atoms with Gasteiger partial charge in [0.15, 0.2) is 0 Å². The molecule has 0 aliphatic rings. The first kappa shape index (κ1) is 13.6. The second-order valence-electron chi connectivity index (χ2n) is 4.33. The number of rotatable bonds is 5. The smallest absolute Gasteiger partial charge is 0.251 e. The van der Waals surface area contributed by atoms with Crippen molar-refractivity contribution in [2.75, 3.05) is 13.1 Å². The SMILES string of the molecule is Cc1cc(C(=O)NCCNC(C)C)ccc1F. The molecule has 1 aromatic rings. The molecular formula is C13H19FN2O. The highest BCUT2D eigenvalue weighted by atomic mass is 19.1. The molecule has 0 saturated carbocycles. The summed E-state index contributed by atoms with van der Waals surface area (Å²) >= 11 is 0. The van der Waals surface area contributed by atoms with Crippen molar-refractivity contribution in [3.63, 3.8) is 0 Å². The Bertz CT molecular complexity index is 391. The van der Waals surface area contributed by atoms with Crippen molar-refractivity contribution in [1.82, 2.24) is 10.6 Å². The third-order valence-corrected chi connectivity index (χ3v) is 2.38. The van der Waals surface area contributed by atoms with Crippen molar-refractivity contribution in [2.45, 2.75) is 26.8 Å². The van der Waals surface area contributed by atoms with Gasteiger partial charge in [0.25, 0.3) is 5.91 Å². The summed E-state index contributed by atoms with van der Waals surface area (Å²) in [6, 6.07) is 4.77. The fourth-order valence-electron chi connectivity index (χ4n) is 1.42. The number of hydrogen-bond acceptors (Lipinski definition) is 2. The lowest BCUT2D eigenvalue weighted by atomic mass is 10.1. The van der Waals surface area contributed by atoms with Crippen molar-refractivity contribution >= 4 is 5.91 Å². The average Bonchev–Trinajstić information content (AvgIpc) is 2.27. The summed E-state index contributed by atoms with van der Waals surface area (Å²) in [5.74, 6) is -0.457. The Labute approximate surface area is 101 Å². The molecule has 1 aromatic carbocycles. The van der Waals surface area contributed by atoms with E-state index < -0.39 is 0 Å². The monoisotopic (exact) mass is 238 g/mol. The molecule has 0 aliphatic carbocycles. The van der Waals surface area contributed by atoms with Crippen LogP contribution in [0.4, 0.5) is 4.39 Å². The number of carbonyl (C=O) groups excluding carboxylic acids is 1. The first-order valence-corrected chi connectivity index (χ1v) is 5.78. The molecule has 1 rings (SSSR count). The minimum atomic E-state index is -0.289. The van der Waals surface area contributed by atoms with E-state index in [-0.39, 0.29) is 11.7 Å². The molecule has 0 atom stereocenters. The molecule has 0 saturated heterocycles. The molecular weight excluding hydrogens is 219 g/mol. The molecule has 0 unspecified atom stereocenters. The summed E-state index contributed by atoms with van der Waals surface area (Å²) in [4.78, 5) is 11.7. The fraction of sp³-hybridized carbons (Fsp3) is 0.462. The molecule has 0 bridgehead atoms. The molecule has 0 heterocycles. The fourth-order valence-corrected chi connectivity index (χ4v) is 1.42. The van der Waals surface area contributed by atoms with Crippen LogP contribution in [0.3, 0.4) is 0 Å². The van der Waals surface area contributed by atoms with E-state index in [2.05, 4.69) is 10.6 Å². The van der Waals surface area contributed by atoms with Crippen LogP contribution in [0.2, 0.25) is 0 Å². The molecule has 2 N–H and O–H groups in total. The van der Waals surface area contributed by atoms with Crippen molar-refractivity contribution in [3.8, 4) is 0 Å². The minimum Gasteiger partial charge on any atom is -0.351 e. The lowest BCUT2D eigenvalue weighted by molar-refractivity contribution is 0.0953. The van der Waals surface area contributed by atoms with Gasteiger partial charge in [-0.05, 0) is 30.7 Å². The summed E-state index contributed by atoms with van der Waals surface area (Å²) in [7, 11) is 0. The van der Waals surface area contributed by atoms with Gasteiger partial charge in [0.05, 0.1) is 0 Å². The van der Waals surface area contributed by atoms with Gasteiger partial charge in [-0.2, -0.15) is 0 Å². The summed E-state index contributed by atoms with van der Waals surface area (Å²) in [6.07, 6.45) is 0. The zero-order chi connectivity index (χ0) is 12.8. The van der Waals surface area contributed by atoms with Crippen molar-refractivity contribution in [1.29, 1.82) is 0 Å². The van der Waals surface area contributed by atoms with Crippen molar-refractivity contribution < 1.29 is 9.18 Å². The largest absolute Gasteiger partial charge is 0.351 e. The van der Waals surface area contributed by atoms with Gasteiger partial charge in [0.1, 0.15) is 5.82 Å². The van der Waals surface area contributed by atoms with Crippen LogP contribution in [0.25, 0.3) is 0 Å². The Hall–Kier alpha value is -1.42. The van der Waals surface area contributed by atoms with E-state index in [1.54, 1.807) is 13.0 Å². The highest BCUT2D eigenvalue weighted by Crippen LogP contribution is 2.08. The molecule has 0 aliphatic heterocycles. The zero-order valence-corrected chi connectivity index (χ0v) is 10.5. The number of benzene rings is 1. The lowest BCUT2D eigenvalue weighted by Gasteiger charge is -2.09. The second kappa shape index (κ2) is 6.35. The molecule has 4 heteroatoms. The van der Waals surface area contributed by atoms with Gasteiger partial charge < -0.3 is 10.6 Å².